The summed E-state index contributed by atoms with van der Waals surface area (Å²) in [5, 5.41) is 2.86. The molecule has 0 unspecified atom stereocenters. The summed E-state index contributed by atoms with van der Waals surface area (Å²) in [6, 6.07) is 16.8. The minimum absolute atomic E-state index is 0.119. The summed E-state index contributed by atoms with van der Waals surface area (Å²) in [6.07, 6.45) is 3.77. The van der Waals surface area contributed by atoms with Crippen molar-refractivity contribution in [3.8, 4) is 22.8 Å². The van der Waals surface area contributed by atoms with E-state index in [-0.39, 0.29) is 12.5 Å². The highest BCUT2D eigenvalue weighted by atomic mass is 16.5. The largest absolute Gasteiger partial charge is 0.492 e. The number of nitrogens with one attached hydrogen (secondary N) is 1. The molecule has 1 amide bonds. The van der Waals surface area contributed by atoms with E-state index in [0.717, 1.165) is 22.5 Å². The van der Waals surface area contributed by atoms with Crippen LogP contribution in [0.3, 0.4) is 0 Å². The van der Waals surface area contributed by atoms with Crippen molar-refractivity contribution < 1.29 is 14.3 Å². The van der Waals surface area contributed by atoms with Crippen LogP contribution in [0.25, 0.3) is 16.9 Å². The number of amides is 1. The number of nitrogens with zero attached hydrogens (tertiary/aromatic N) is 2. The Morgan fingerprint density at radius 2 is 1.94 bits per heavy atom. The number of carbonyl (C=O) groups is 1. The van der Waals surface area contributed by atoms with Gasteiger partial charge in [-0.2, -0.15) is 0 Å². The van der Waals surface area contributed by atoms with Crippen molar-refractivity contribution in [2.75, 3.05) is 24.3 Å². The standard InChI is InChI=1S/C24H24N4O3/c1-3-30-21-11-10-17(13-18(21)25)20-14-28-12-6-9-22(24(28)27-20)31-15-23(29)26-19-8-5-4-7-16(19)2/h4-14H,3,15,25H2,1-2H3,(H,26,29). The van der Waals surface area contributed by atoms with Crippen LogP contribution in [0.15, 0.2) is 67.0 Å². The lowest BCUT2D eigenvalue weighted by atomic mass is 10.1. The maximum absolute atomic E-state index is 12.3. The van der Waals surface area contributed by atoms with Gasteiger partial charge in [-0.3, -0.25) is 4.79 Å². The lowest BCUT2D eigenvalue weighted by molar-refractivity contribution is -0.118. The van der Waals surface area contributed by atoms with E-state index in [1.165, 1.54) is 0 Å². The van der Waals surface area contributed by atoms with Crippen molar-refractivity contribution in [1.82, 2.24) is 9.38 Å². The number of hydrogen-bond donors (Lipinski definition) is 2. The van der Waals surface area contributed by atoms with Gasteiger partial charge < -0.3 is 24.9 Å². The Hall–Kier alpha value is -4.00. The molecule has 0 aliphatic rings. The van der Waals surface area contributed by atoms with E-state index >= 15 is 0 Å². The molecule has 2 aromatic heterocycles. The molecule has 0 atom stereocenters. The van der Waals surface area contributed by atoms with E-state index in [9.17, 15) is 4.79 Å². The number of nitrogen functional groups attached to an aromatic ring is 1. The number of hydrogen-bond acceptors (Lipinski definition) is 5. The van der Waals surface area contributed by atoms with Gasteiger partial charge in [-0.25, -0.2) is 4.98 Å². The molecule has 0 fully saturated rings. The molecule has 0 aliphatic heterocycles. The quantitative estimate of drug-likeness (QED) is 0.438. The molecule has 0 radical (unpaired) electrons. The molecule has 3 N–H and O–H groups in total. The third-order valence-electron chi connectivity index (χ3n) is 4.83. The maximum atomic E-state index is 12.3. The van der Waals surface area contributed by atoms with Crippen LogP contribution in [0, 0.1) is 6.92 Å². The minimum atomic E-state index is -0.234. The van der Waals surface area contributed by atoms with Gasteiger partial charge >= 0.3 is 0 Å². The predicted molar refractivity (Wildman–Crippen MR) is 122 cm³/mol. The molecule has 0 spiro atoms. The van der Waals surface area contributed by atoms with Gasteiger partial charge in [0.2, 0.25) is 0 Å². The van der Waals surface area contributed by atoms with Crippen LogP contribution < -0.4 is 20.5 Å². The highest BCUT2D eigenvalue weighted by Gasteiger charge is 2.12. The number of ether oxygens (including phenoxy) is 2. The number of aryl methyl sites for hydroxylation is 1. The number of fused-ring (bicyclic) bond motifs is 1. The van der Waals surface area contributed by atoms with Gasteiger partial charge in [-0.15, -0.1) is 0 Å². The fourth-order valence-corrected chi connectivity index (χ4v) is 3.28. The number of rotatable bonds is 7. The summed E-state index contributed by atoms with van der Waals surface area (Å²) < 4.78 is 13.1. The average Bonchev–Trinajstić information content (AvgIpc) is 3.20. The monoisotopic (exact) mass is 416 g/mol. The Morgan fingerprint density at radius 3 is 2.71 bits per heavy atom. The maximum Gasteiger partial charge on any atom is 0.262 e. The summed E-state index contributed by atoms with van der Waals surface area (Å²) in [7, 11) is 0. The van der Waals surface area contributed by atoms with Crippen molar-refractivity contribution in [1.29, 1.82) is 0 Å². The van der Waals surface area contributed by atoms with Crippen molar-refractivity contribution >= 4 is 22.9 Å². The first-order chi connectivity index (χ1) is 15.0. The highest BCUT2D eigenvalue weighted by Crippen LogP contribution is 2.30. The van der Waals surface area contributed by atoms with Gasteiger partial charge in [-0.05, 0) is 55.8 Å². The van der Waals surface area contributed by atoms with Gasteiger partial charge in [0.15, 0.2) is 18.0 Å². The van der Waals surface area contributed by atoms with E-state index in [1.54, 1.807) is 6.07 Å². The Kier molecular flexibility index (Phi) is 5.75. The second-order valence-electron chi connectivity index (χ2n) is 7.07. The molecule has 7 heteroatoms. The summed E-state index contributed by atoms with van der Waals surface area (Å²) in [5.41, 5.74) is 10.6. The van der Waals surface area contributed by atoms with Crippen LogP contribution in [0.5, 0.6) is 11.5 Å². The molecule has 4 rings (SSSR count). The third kappa shape index (κ3) is 4.45. The van der Waals surface area contributed by atoms with Crippen LogP contribution in [-0.4, -0.2) is 28.5 Å². The number of aromatic nitrogens is 2. The van der Waals surface area contributed by atoms with Crippen LogP contribution in [0.1, 0.15) is 12.5 Å². The lowest BCUT2D eigenvalue weighted by Crippen LogP contribution is -2.20. The Labute approximate surface area is 180 Å². The molecular weight excluding hydrogens is 392 g/mol. The van der Waals surface area contributed by atoms with Gasteiger partial charge in [0.25, 0.3) is 5.91 Å². The number of carbonyl (C=O) groups excluding carboxylic acids is 1. The number of para-hydroxylation sites is 1. The smallest absolute Gasteiger partial charge is 0.262 e. The van der Waals surface area contributed by atoms with Crippen LogP contribution in [-0.2, 0) is 4.79 Å². The third-order valence-corrected chi connectivity index (χ3v) is 4.83. The van der Waals surface area contributed by atoms with Crippen molar-refractivity contribution in [3.63, 3.8) is 0 Å². The molecule has 0 saturated heterocycles. The zero-order valence-corrected chi connectivity index (χ0v) is 17.5. The SMILES string of the molecule is CCOc1ccc(-c2cn3cccc(OCC(=O)Nc4ccccc4C)c3n2)cc1N. The number of nitrogens with two attached hydrogens (primary N) is 1. The zero-order chi connectivity index (χ0) is 21.8. The van der Waals surface area contributed by atoms with E-state index < -0.39 is 0 Å². The molecule has 0 aliphatic carbocycles. The van der Waals surface area contributed by atoms with E-state index in [1.807, 2.05) is 79.2 Å². The molecule has 2 heterocycles. The predicted octanol–water partition coefficient (Wildman–Crippen LogP) is 4.31. The normalized spacial score (nSPS) is 10.8. The summed E-state index contributed by atoms with van der Waals surface area (Å²) in [4.78, 5) is 17.0. The average molecular weight is 416 g/mol. The van der Waals surface area contributed by atoms with E-state index in [2.05, 4.69) is 10.3 Å². The summed E-state index contributed by atoms with van der Waals surface area (Å²) in [5.74, 6) is 0.939. The second kappa shape index (κ2) is 8.79. The molecular formula is C24H24N4O3. The van der Waals surface area contributed by atoms with Gasteiger partial charge in [0.1, 0.15) is 5.75 Å². The molecule has 0 bridgehead atoms. The number of anilines is 2. The summed E-state index contributed by atoms with van der Waals surface area (Å²) in [6.45, 7) is 4.29. The van der Waals surface area contributed by atoms with E-state index in [0.29, 0.717) is 29.4 Å². The van der Waals surface area contributed by atoms with Gasteiger partial charge in [0.05, 0.1) is 18.0 Å². The fraction of sp³-hybridized carbons (Fsp3) is 0.167. The zero-order valence-electron chi connectivity index (χ0n) is 17.5. The van der Waals surface area contributed by atoms with E-state index in [4.69, 9.17) is 15.2 Å². The summed E-state index contributed by atoms with van der Waals surface area (Å²) >= 11 is 0. The Balaban J connectivity index is 1.52. The van der Waals surface area contributed by atoms with Crippen molar-refractivity contribution in [2.45, 2.75) is 13.8 Å². The number of benzene rings is 2. The molecule has 2 aromatic carbocycles. The van der Waals surface area contributed by atoms with Crippen LogP contribution >= 0.6 is 0 Å². The minimum Gasteiger partial charge on any atom is -0.492 e. The fourth-order valence-electron chi connectivity index (χ4n) is 3.28. The van der Waals surface area contributed by atoms with Crippen molar-refractivity contribution in [2.24, 2.45) is 0 Å². The van der Waals surface area contributed by atoms with Crippen LogP contribution in [0.4, 0.5) is 11.4 Å². The van der Waals surface area contributed by atoms with Crippen LogP contribution in [0.2, 0.25) is 0 Å². The molecule has 158 valence electrons. The van der Waals surface area contributed by atoms with Gasteiger partial charge in [0, 0.05) is 23.6 Å². The Bertz CT molecular complexity index is 1230. The first kappa shape index (κ1) is 20.3. The van der Waals surface area contributed by atoms with Crippen molar-refractivity contribution in [3.05, 3.63) is 72.6 Å². The molecule has 31 heavy (non-hydrogen) atoms. The first-order valence-corrected chi connectivity index (χ1v) is 10.0. The second-order valence-corrected chi connectivity index (χ2v) is 7.07. The molecule has 4 aromatic rings. The molecule has 0 saturated carbocycles. The highest BCUT2D eigenvalue weighted by molar-refractivity contribution is 5.92. The van der Waals surface area contributed by atoms with Gasteiger partial charge in [-0.1, -0.05) is 18.2 Å². The Morgan fingerprint density at radius 1 is 1.10 bits per heavy atom. The number of pyridine rings is 1. The molecule has 7 nitrogen and oxygen atoms in total. The topological polar surface area (TPSA) is 90.9 Å². The lowest BCUT2D eigenvalue weighted by Gasteiger charge is -2.10. The first-order valence-electron chi connectivity index (χ1n) is 10.0. The number of imidazole rings is 1.